The molecular weight excluding hydrogens is 406 g/mol. The molecule has 176 valence electrons. The van der Waals surface area contributed by atoms with Crippen molar-refractivity contribution in [1.82, 2.24) is 42.5 Å². The minimum atomic E-state index is 0.0295. The zero-order chi connectivity index (χ0) is 21.6. The summed E-state index contributed by atoms with van der Waals surface area (Å²) >= 11 is 0. The summed E-state index contributed by atoms with van der Waals surface area (Å²) in [5.41, 5.74) is 1.25. The molecule has 0 spiro atoms. The van der Waals surface area contributed by atoms with Crippen molar-refractivity contribution in [2.24, 2.45) is 15.0 Å². The van der Waals surface area contributed by atoms with Crippen LogP contribution in [-0.2, 0) is 0 Å². The Kier molecular flexibility index (Phi) is 7.04. The molecule has 11 heteroatoms. The minimum absolute atomic E-state index is 0.0295. The van der Waals surface area contributed by atoms with E-state index in [1.54, 1.807) is 0 Å². The predicted molar refractivity (Wildman–Crippen MR) is 128 cm³/mol. The second-order valence-corrected chi connectivity index (χ2v) is 8.98. The summed E-state index contributed by atoms with van der Waals surface area (Å²) in [6, 6.07) is 1.27. The molecule has 5 heterocycles. The van der Waals surface area contributed by atoms with E-state index in [1.165, 1.54) is 18.5 Å². The highest BCUT2D eigenvalue weighted by Gasteiger charge is 2.33. The normalized spacial score (nSPS) is 34.5. The van der Waals surface area contributed by atoms with Gasteiger partial charge < -0.3 is 37.2 Å². The second kappa shape index (κ2) is 10.5. The van der Waals surface area contributed by atoms with Gasteiger partial charge in [-0.25, -0.2) is 0 Å². The standard InChI is InChI=1S/C21H37N11/c1-2-14(16-4-6-22-18(31-16)12-28-20-24-8-9-25-20)30-15(3-1)17-5-7-23-19(32-17)13-29-21-26-10-11-27-21/h4,6,14-15,17-19,23,30-32H,1-3,5,7-13H2,(H2,24,25,28)(H2,26,27,29). The van der Waals surface area contributed by atoms with Crippen LogP contribution < -0.4 is 42.5 Å². The molecule has 0 aromatic carbocycles. The molecule has 5 atom stereocenters. The lowest BCUT2D eigenvalue weighted by Gasteiger charge is -2.42. The fraction of sp³-hybridized carbons (Fsp3) is 0.762. The van der Waals surface area contributed by atoms with Crippen molar-refractivity contribution in [2.45, 2.75) is 56.1 Å². The summed E-state index contributed by atoms with van der Waals surface area (Å²) in [5.74, 6) is 1.80. The van der Waals surface area contributed by atoms with E-state index in [0.29, 0.717) is 18.1 Å². The molecule has 2 fully saturated rings. The first-order chi connectivity index (χ1) is 15.8. The Morgan fingerprint density at radius 1 is 0.875 bits per heavy atom. The molecule has 8 N–H and O–H groups in total. The Balaban J connectivity index is 1.10. The third-order valence-electron chi connectivity index (χ3n) is 6.68. The van der Waals surface area contributed by atoms with Gasteiger partial charge in [-0.15, -0.1) is 0 Å². The third kappa shape index (κ3) is 5.51. The highest BCUT2D eigenvalue weighted by Crippen LogP contribution is 2.22. The van der Waals surface area contributed by atoms with Crippen molar-refractivity contribution < 1.29 is 0 Å². The lowest BCUT2D eigenvalue weighted by Crippen LogP contribution is -2.65. The summed E-state index contributed by atoms with van der Waals surface area (Å²) in [4.78, 5) is 13.4. The second-order valence-electron chi connectivity index (χ2n) is 8.98. The maximum Gasteiger partial charge on any atom is 0.191 e. The van der Waals surface area contributed by atoms with E-state index in [0.717, 1.165) is 70.6 Å². The predicted octanol–water partition coefficient (Wildman–Crippen LogP) is -2.24. The average molecular weight is 444 g/mol. The SMILES string of the molecule is C1=NC(CNC2=NCCN2)NC(C2CCCC(C3CCNC(CNC4=NCCN4)N3)N2)=C1. The Morgan fingerprint density at radius 2 is 1.66 bits per heavy atom. The van der Waals surface area contributed by atoms with Crippen LogP contribution >= 0.6 is 0 Å². The number of hydrogen-bond donors (Lipinski definition) is 8. The first-order valence-electron chi connectivity index (χ1n) is 12.1. The zero-order valence-electron chi connectivity index (χ0n) is 18.7. The quantitative estimate of drug-likeness (QED) is 0.231. The van der Waals surface area contributed by atoms with Gasteiger partial charge in [-0.3, -0.25) is 20.3 Å². The molecule has 2 saturated heterocycles. The van der Waals surface area contributed by atoms with E-state index in [2.05, 4.69) is 63.6 Å². The smallest absolute Gasteiger partial charge is 0.191 e. The third-order valence-corrected chi connectivity index (χ3v) is 6.68. The summed E-state index contributed by atoms with van der Waals surface area (Å²) < 4.78 is 0. The number of allylic oxidation sites excluding steroid dienone is 1. The van der Waals surface area contributed by atoms with Gasteiger partial charge in [0.15, 0.2) is 11.9 Å². The van der Waals surface area contributed by atoms with E-state index in [4.69, 9.17) is 0 Å². The van der Waals surface area contributed by atoms with Crippen molar-refractivity contribution in [1.29, 1.82) is 0 Å². The van der Waals surface area contributed by atoms with Crippen molar-refractivity contribution in [3.8, 4) is 0 Å². The van der Waals surface area contributed by atoms with Crippen molar-refractivity contribution >= 4 is 18.1 Å². The summed E-state index contributed by atoms with van der Waals surface area (Å²) in [6.45, 7) is 6.14. The van der Waals surface area contributed by atoms with Gasteiger partial charge in [-0.1, -0.05) is 0 Å². The highest BCUT2D eigenvalue weighted by molar-refractivity contribution is 5.81. The summed E-state index contributed by atoms with van der Waals surface area (Å²) in [5, 5.41) is 28.2. The topological polar surface area (TPSA) is 133 Å². The molecule has 32 heavy (non-hydrogen) atoms. The van der Waals surface area contributed by atoms with Crippen LogP contribution in [0.3, 0.4) is 0 Å². The number of nitrogens with one attached hydrogen (secondary N) is 8. The molecule has 5 rings (SSSR count). The van der Waals surface area contributed by atoms with Crippen LogP contribution in [0.25, 0.3) is 0 Å². The van der Waals surface area contributed by atoms with Crippen LogP contribution in [0.4, 0.5) is 0 Å². The average Bonchev–Trinajstić information content (AvgIpc) is 3.56. The maximum atomic E-state index is 4.58. The molecule has 0 radical (unpaired) electrons. The number of aliphatic imine (C=N–C) groups is 3. The van der Waals surface area contributed by atoms with Crippen LogP contribution in [-0.4, -0.2) is 94.4 Å². The monoisotopic (exact) mass is 443 g/mol. The molecule has 5 unspecified atom stereocenters. The molecule has 5 aliphatic rings. The molecule has 0 amide bonds. The van der Waals surface area contributed by atoms with Gasteiger partial charge >= 0.3 is 0 Å². The van der Waals surface area contributed by atoms with Crippen molar-refractivity contribution in [3.05, 3.63) is 11.8 Å². The van der Waals surface area contributed by atoms with E-state index in [1.807, 2.05) is 6.21 Å². The molecule has 0 aliphatic carbocycles. The molecular formula is C21H37N11. The van der Waals surface area contributed by atoms with E-state index >= 15 is 0 Å². The van der Waals surface area contributed by atoms with Gasteiger partial charge in [0.1, 0.15) is 6.17 Å². The van der Waals surface area contributed by atoms with Crippen LogP contribution in [0.2, 0.25) is 0 Å². The molecule has 0 aromatic rings. The maximum absolute atomic E-state index is 4.58. The lowest BCUT2D eigenvalue weighted by molar-refractivity contribution is 0.209. The Hall–Kier alpha value is -2.37. The molecule has 0 aromatic heterocycles. The first kappa shape index (κ1) is 21.5. The Morgan fingerprint density at radius 3 is 2.44 bits per heavy atom. The molecule has 0 saturated carbocycles. The van der Waals surface area contributed by atoms with Gasteiger partial charge in [0.05, 0.1) is 25.8 Å². The number of nitrogens with zero attached hydrogens (tertiary/aromatic N) is 3. The highest BCUT2D eigenvalue weighted by atomic mass is 15.3. The van der Waals surface area contributed by atoms with E-state index in [9.17, 15) is 0 Å². The van der Waals surface area contributed by atoms with Crippen LogP contribution in [0.1, 0.15) is 25.7 Å². The van der Waals surface area contributed by atoms with Gasteiger partial charge in [-0.2, -0.15) is 0 Å². The Bertz CT molecular complexity index is 761. The Labute approximate surface area is 189 Å². The summed E-state index contributed by atoms with van der Waals surface area (Å²) in [6.07, 6.45) is 9.08. The molecule has 5 aliphatic heterocycles. The number of hydrogen-bond acceptors (Lipinski definition) is 11. The van der Waals surface area contributed by atoms with Crippen LogP contribution in [0.5, 0.6) is 0 Å². The molecule has 11 nitrogen and oxygen atoms in total. The van der Waals surface area contributed by atoms with Gasteiger partial charge in [0.2, 0.25) is 0 Å². The largest absolute Gasteiger partial charge is 0.364 e. The van der Waals surface area contributed by atoms with Crippen molar-refractivity contribution in [3.63, 3.8) is 0 Å². The van der Waals surface area contributed by atoms with Gasteiger partial charge in [0.25, 0.3) is 0 Å². The fourth-order valence-corrected chi connectivity index (χ4v) is 5.04. The number of guanidine groups is 2. The number of piperidine rings is 1. The van der Waals surface area contributed by atoms with Gasteiger partial charge in [-0.05, 0) is 38.3 Å². The molecule has 0 bridgehead atoms. The fourth-order valence-electron chi connectivity index (χ4n) is 5.04. The number of rotatable bonds is 6. The van der Waals surface area contributed by atoms with Crippen LogP contribution in [0.15, 0.2) is 26.8 Å². The van der Waals surface area contributed by atoms with E-state index in [-0.39, 0.29) is 12.3 Å². The van der Waals surface area contributed by atoms with Crippen LogP contribution in [0, 0.1) is 0 Å². The summed E-state index contributed by atoms with van der Waals surface area (Å²) in [7, 11) is 0. The lowest BCUT2D eigenvalue weighted by atomic mass is 9.89. The van der Waals surface area contributed by atoms with E-state index < -0.39 is 0 Å². The first-order valence-corrected chi connectivity index (χ1v) is 12.1. The minimum Gasteiger partial charge on any atom is -0.364 e. The van der Waals surface area contributed by atoms with Gasteiger partial charge in [0, 0.05) is 49.7 Å². The van der Waals surface area contributed by atoms with Crippen molar-refractivity contribution in [2.75, 3.05) is 45.8 Å². The zero-order valence-corrected chi connectivity index (χ0v) is 18.7.